The van der Waals surface area contributed by atoms with Gasteiger partial charge >= 0.3 is 0 Å². The van der Waals surface area contributed by atoms with E-state index in [0.29, 0.717) is 13.0 Å². The molecule has 0 N–H and O–H groups in total. The number of aryl methyl sites for hydroxylation is 3. The summed E-state index contributed by atoms with van der Waals surface area (Å²) in [6.07, 6.45) is 3.62. The summed E-state index contributed by atoms with van der Waals surface area (Å²) in [6.45, 7) is 9.47. The van der Waals surface area contributed by atoms with Crippen LogP contribution in [0.2, 0.25) is 0 Å². The van der Waals surface area contributed by atoms with Gasteiger partial charge < -0.3 is 14.2 Å². The van der Waals surface area contributed by atoms with Crippen LogP contribution in [0.1, 0.15) is 55.5 Å². The highest BCUT2D eigenvalue weighted by Gasteiger charge is 2.33. The number of carbonyl (C=O) groups is 1. The van der Waals surface area contributed by atoms with E-state index in [1.807, 2.05) is 11.0 Å². The fraction of sp³-hybridized carbons (Fsp3) is 0.462. The standard InChI is InChI=1S/C26H33N3O2/c1-4-5-14-28-18-21(17-24(28)30)26-27-22-12-6-7-13-23(22)29(26)15-9-16-31-25-19(2)10-8-11-20(25)3/h6-8,10-13,21H,4-5,9,14-18H2,1-3H3/t21-/m0/s1. The van der Waals surface area contributed by atoms with E-state index in [1.54, 1.807) is 0 Å². The van der Waals surface area contributed by atoms with Crippen LogP contribution in [0.3, 0.4) is 0 Å². The highest BCUT2D eigenvalue weighted by atomic mass is 16.5. The monoisotopic (exact) mass is 419 g/mol. The van der Waals surface area contributed by atoms with E-state index in [9.17, 15) is 4.79 Å². The molecule has 5 heteroatoms. The summed E-state index contributed by atoms with van der Waals surface area (Å²) in [4.78, 5) is 19.5. The number of imidazole rings is 1. The van der Waals surface area contributed by atoms with Gasteiger partial charge in [0.2, 0.25) is 5.91 Å². The highest BCUT2D eigenvalue weighted by molar-refractivity contribution is 5.80. The lowest BCUT2D eigenvalue weighted by molar-refractivity contribution is -0.127. The molecule has 1 aliphatic heterocycles. The van der Waals surface area contributed by atoms with Gasteiger partial charge in [-0.1, -0.05) is 43.7 Å². The Morgan fingerprint density at radius 1 is 1.03 bits per heavy atom. The van der Waals surface area contributed by atoms with Gasteiger partial charge in [-0.3, -0.25) is 4.79 Å². The summed E-state index contributed by atoms with van der Waals surface area (Å²) < 4.78 is 8.44. The number of carbonyl (C=O) groups excluding carboxylic acids is 1. The normalized spacial score (nSPS) is 16.4. The van der Waals surface area contributed by atoms with Crippen molar-refractivity contribution < 1.29 is 9.53 Å². The minimum atomic E-state index is 0.163. The van der Waals surface area contributed by atoms with Gasteiger partial charge in [-0.25, -0.2) is 4.98 Å². The van der Waals surface area contributed by atoms with Gasteiger partial charge in [0, 0.05) is 32.0 Å². The van der Waals surface area contributed by atoms with Crippen molar-refractivity contribution in [2.45, 2.75) is 58.9 Å². The molecule has 0 spiro atoms. The lowest BCUT2D eigenvalue weighted by Crippen LogP contribution is -2.26. The van der Waals surface area contributed by atoms with Crippen molar-refractivity contribution in [3.63, 3.8) is 0 Å². The Kier molecular flexibility index (Phi) is 6.59. The molecular formula is C26H33N3O2. The van der Waals surface area contributed by atoms with Crippen molar-refractivity contribution >= 4 is 16.9 Å². The van der Waals surface area contributed by atoms with Crippen LogP contribution < -0.4 is 4.74 Å². The Morgan fingerprint density at radius 3 is 2.58 bits per heavy atom. The summed E-state index contributed by atoms with van der Waals surface area (Å²) in [6, 6.07) is 14.5. The minimum Gasteiger partial charge on any atom is -0.493 e. The number of amides is 1. The average molecular weight is 420 g/mol. The second kappa shape index (κ2) is 9.54. The van der Waals surface area contributed by atoms with E-state index in [1.165, 1.54) is 11.1 Å². The summed E-state index contributed by atoms with van der Waals surface area (Å²) >= 11 is 0. The second-order valence-electron chi connectivity index (χ2n) is 8.63. The van der Waals surface area contributed by atoms with Crippen LogP contribution in [0.4, 0.5) is 0 Å². The summed E-state index contributed by atoms with van der Waals surface area (Å²) in [5.74, 6) is 2.46. The Morgan fingerprint density at radius 2 is 1.81 bits per heavy atom. The zero-order chi connectivity index (χ0) is 21.8. The molecule has 1 aliphatic rings. The Hall–Kier alpha value is -2.82. The molecule has 31 heavy (non-hydrogen) atoms. The third-order valence-electron chi connectivity index (χ3n) is 6.23. The van der Waals surface area contributed by atoms with Crippen LogP contribution in [0.15, 0.2) is 42.5 Å². The molecular weight excluding hydrogens is 386 g/mol. The van der Waals surface area contributed by atoms with Crippen molar-refractivity contribution in [1.82, 2.24) is 14.5 Å². The van der Waals surface area contributed by atoms with Gasteiger partial charge in [-0.05, 0) is 49.9 Å². The maximum absolute atomic E-state index is 12.5. The Labute approximate surface area is 185 Å². The number of para-hydroxylation sites is 3. The summed E-state index contributed by atoms with van der Waals surface area (Å²) in [5.41, 5.74) is 4.49. The molecule has 1 atom stereocenters. The smallest absolute Gasteiger partial charge is 0.223 e. The molecule has 0 unspecified atom stereocenters. The van der Waals surface area contributed by atoms with Crippen molar-refractivity contribution in [2.75, 3.05) is 19.7 Å². The van der Waals surface area contributed by atoms with Crippen molar-refractivity contribution in [1.29, 1.82) is 0 Å². The largest absolute Gasteiger partial charge is 0.493 e. The number of benzene rings is 2. The summed E-state index contributed by atoms with van der Waals surface area (Å²) in [5, 5.41) is 0. The zero-order valence-electron chi connectivity index (χ0n) is 18.9. The van der Waals surface area contributed by atoms with E-state index in [0.717, 1.165) is 61.5 Å². The third-order valence-corrected chi connectivity index (χ3v) is 6.23. The first-order valence-electron chi connectivity index (χ1n) is 11.5. The number of hydrogen-bond acceptors (Lipinski definition) is 3. The van der Waals surface area contributed by atoms with Gasteiger partial charge in [0.25, 0.3) is 0 Å². The SMILES string of the molecule is CCCCN1C[C@@H](c2nc3ccccc3n2CCCOc2c(C)cccc2C)CC1=O. The number of ether oxygens (including phenoxy) is 1. The first-order chi connectivity index (χ1) is 15.1. The molecule has 4 rings (SSSR count). The second-order valence-corrected chi connectivity index (χ2v) is 8.63. The van der Waals surface area contributed by atoms with Crippen molar-refractivity contribution in [3.8, 4) is 5.75 Å². The molecule has 2 aromatic carbocycles. The molecule has 0 saturated carbocycles. The van der Waals surface area contributed by atoms with Crippen LogP contribution in [-0.2, 0) is 11.3 Å². The fourth-order valence-corrected chi connectivity index (χ4v) is 4.57. The lowest BCUT2D eigenvalue weighted by Gasteiger charge is -2.17. The maximum atomic E-state index is 12.5. The quantitative estimate of drug-likeness (QED) is 0.446. The van der Waals surface area contributed by atoms with Crippen LogP contribution in [0.5, 0.6) is 5.75 Å². The molecule has 2 heterocycles. The number of aromatic nitrogens is 2. The topological polar surface area (TPSA) is 47.4 Å². The van der Waals surface area contributed by atoms with Crippen LogP contribution in [0, 0.1) is 13.8 Å². The van der Waals surface area contributed by atoms with Crippen LogP contribution in [-0.4, -0.2) is 40.1 Å². The van der Waals surface area contributed by atoms with Gasteiger partial charge in [-0.2, -0.15) is 0 Å². The van der Waals surface area contributed by atoms with Gasteiger partial charge in [0.05, 0.1) is 17.6 Å². The average Bonchev–Trinajstić information content (AvgIpc) is 3.31. The van der Waals surface area contributed by atoms with Crippen LogP contribution >= 0.6 is 0 Å². The zero-order valence-corrected chi connectivity index (χ0v) is 18.9. The number of fused-ring (bicyclic) bond motifs is 1. The van der Waals surface area contributed by atoms with Gasteiger partial charge in [0.1, 0.15) is 11.6 Å². The molecule has 3 aromatic rings. The maximum Gasteiger partial charge on any atom is 0.223 e. The van der Waals surface area contributed by atoms with E-state index >= 15 is 0 Å². The van der Waals surface area contributed by atoms with E-state index in [2.05, 4.69) is 61.7 Å². The van der Waals surface area contributed by atoms with E-state index in [-0.39, 0.29) is 11.8 Å². The number of likely N-dealkylation sites (tertiary alicyclic amines) is 1. The van der Waals surface area contributed by atoms with Gasteiger partial charge in [0.15, 0.2) is 0 Å². The number of unbranched alkanes of at least 4 members (excludes halogenated alkanes) is 1. The summed E-state index contributed by atoms with van der Waals surface area (Å²) in [7, 11) is 0. The molecule has 0 radical (unpaired) electrons. The fourth-order valence-electron chi connectivity index (χ4n) is 4.57. The predicted molar refractivity (Wildman–Crippen MR) is 125 cm³/mol. The molecule has 1 fully saturated rings. The lowest BCUT2D eigenvalue weighted by atomic mass is 10.1. The van der Waals surface area contributed by atoms with E-state index < -0.39 is 0 Å². The minimum absolute atomic E-state index is 0.163. The molecule has 0 aliphatic carbocycles. The highest BCUT2D eigenvalue weighted by Crippen LogP contribution is 2.31. The Balaban J connectivity index is 1.49. The predicted octanol–water partition coefficient (Wildman–Crippen LogP) is 5.24. The van der Waals surface area contributed by atoms with Crippen LogP contribution in [0.25, 0.3) is 11.0 Å². The first-order valence-corrected chi connectivity index (χ1v) is 11.5. The molecule has 0 bridgehead atoms. The molecule has 5 nitrogen and oxygen atoms in total. The number of nitrogens with zero attached hydrogens (tertiary/aromatic N) is 3. The Bertz CT molecular complexity index is 1040. The third kappa shape index (κ3) is 4.60. The first kappa shape index (κ1) is 21.4. The molecule has 1 saturated heterocycles. The molecule has 164 valence electrons. The van der Waals surface area contributed by atoms with Crippen molar-refractivity contribution in [3.05, 3.63) is 59.4 Å². The van der Waals surface area contributed by atoms with Gasteiger partial charge in [-0.15, -0.1) is 0 Å². The van der Waals surface area contributed by atoms with E-state index in [4.69, 9.17) is 9.72 Å². The number of hydrogen-bond donors (Lipinski definition) is 0. The molecule has 1 amide bonds. The molecule has 1 aromatic heterocycles. The number of rotatable bonds is 9. The van der Waals surface area contributed by atoms with Crippen molar-refractivity contribution in [2.24, 2.45) is 0 Å².